The molecule has 0 bridgehead atoms. The van der Waals surface area contributed by atoms with E-state index in [0.717, 1.165) is 5.52 Å². The van der Waals surface area contributed by atoms with Gasteiger partial charge in [-0.25, -0.2) is 4.57 Å². The minimum Gasteiger partial charge on any atom is -0.300 e. The van der Waals surface area contributed by atoms with Crippen molar-refractivity contribution >= 4 is 70.6 Å². The fraction of sp³-hybridized carbons (Fsp3) is 0.0833. The van der Waals surface area contributed by atoms with Crippen molar-refractivity contribution in [3.05, 3.63) is 65.8 Å². The number of benzene rings is 3. The first-order valence-corrected chi connectivity index (χ1v) is 10.3. The van der Waals surface area contributed by atoms with E-state index in [4.69, 9.17) is 4.98 Å². The Morgan fingerprint density at radius 2 is 1.86 bits per heavy atom. The molecule has 0 unspecified atom stereocenters. The SMILES string of the molecule is Cc1ccc2cc3ccsc3c3c2c1c1c2c(nc[n+]1C)c1ccccc1n32. The second kappa shape index (κ2) is 4.78. The van der Waals surface area contributed by atoms with E-state index in [1.807, 2.05) is 17.7 Å². The van der Waals surface area contributed by atoms with Crippen molar-refractivity contribution in [1.82, 2.24) is 9.38 Å². The Balaban J connectivity index is 2.06. The molecular formula is C24H16N3S+. The standard InChI is InChI=1S/C24H16N3S/c1-13-7-8-14-11-15-9-10-28-24(15)22-19(14)18(13)21-23-20(25-12-26(21)2)16-5-3-4-6-17(16)27(22)23/h3-12H,1-2H3/q+1. The fourth-order valence-electron chi connectivity index (χ4n) is 4.99. The van der Waals surface area contributed by atoms with Crippen molar-refractivity contribution in [2.75, 3.05) is 0 Å². The van der Waals surface area contributed by atoms with Crippen LogP contribution in [-0.4, -0.2) is 9.38 Å². The number of hydrogen-bond acceptors (Lipinski definition) is 2. The van der Waals surface area contributed by atoms with Crippen molar-refractivity contribution in [3.8, 4) is 0 Å². The third-order valence-electron chi connectivity index (χ3n) is 6.15. The molecule has 0 saturated carbocycles. The lowest BCUT2D eigenvalue weighted by Crippen LogP contribution is -2.30. The Hall–Kier alpha value is -3.24. The second-order valence-corrected chi connectivity index (χ2v) is 8.59. The van der Waals surface area contributed by atoms with Crippen LogP contribution in [0.1, 0.15) is 5.56 Å². The van der Waals surface area contributed by atoms with Crippen molar-refractivity contribution in [1.29, 1.82) is 0 Å². The van der Waals surface area contributed by atoms with Gasteiger partial charge in [0.25, 0.3) is 6.33 Å². The Labute approximate surface area is 164 Å². The van der Waals surface area contributed by atoms with Crippen LogP contribution in [-0.2, 0) is 7.05 Å². The largest absolute Gasteiger partial charge is 0.300 e. The predicted octanol–water partition coefficient (Wildman–Crippen LogP) is 5.73. The van der Waals surface area contributed by atoms with Gasteiger partial charge in [0, 0.05) is 10.8 Å². The van der Waals surface area contributed by atoms with Crippen LogP contribution in [0.25, 0.3) is 59.2 Å². The van der Waals surface area contributed by atoms with Crippen LogP contribution in [0.15, 0.2) is 60.2 Å². The Kier molecular flexibility index (Phi) is 2.52. The van der Waals surface area contributed by atoms with E-state index in [1.165, 1.54) is 59.3 Å². The lowest BCUT2D eigenvalue weighted by atomic mass is 9.97. The molecule has 0 aliphatic carbocycles. The number of aromatic nitrogens is 3. The number of thiophene rings is 1. The van der Waals surface area contributed by atoms with Crippen LogP contribution < -0.4 is 4.57 Å². The van der Waals surface area contributed by atoms with Gasteiger partial charge in [-0.05, 0) is 57.9 Å². The first-order chi connectivity index (χ1) is 13.7. The highest BCUT2D eigenvalue weighted by molar-refractivity contribution is 7.18. The molecule has 0 radical (unpaired) electrons. The van der Waals surface area contributed by atoms with Gasteiger partial charge in [-0.1, -0.05) is 24.3 Å². The van der Waals surface area contributed by atoms with Gasteiger partial charge in [0.1, 0.15) is 5.52 Å². The molecule has 4 heterocycles. The average molecular weight is 378 g/mol. The van der Waals surface area contributed by atoms with E-state index in [-0.39, 0.29) is 0 Å². The third kappa shape index (κ3) is 1.54. The third-order valence-corrected chi connectivity index (χ3v) is 7.09. The number of fused-ring (bicyclic) bond motifs is 7. The maximum absolute atomic E-state index is 4.85. The first kappa shape index (κ1) is 14.8. The van der Waals surface area contributed by atoms with E-state index in [9.17, 15) is 0 Å². The summed E-state index contributed by atoms with van der Waals surface area (Å²) in [7, 11) is 2.11. The number of nitrogens with zero attached hydrogens (tertiary/aromatic N) is 3. The first-order valence-electron chi connectivity index (χ1n) is 9.46. The number of rotatable bonds is 0. The van der Waals surface area contributed by atoms with Gasteiger partial charge in [0.15, 0.2) is 5.52 Å². The van der Waals surface area contributed by atoms with Gasteiger partial charge in [-0.3, -0.25) is 0 Å². The zero-order valence-corrected chi connectivity index (χ0v) is 16.3. The molecule has 0 saturated heterocycles. The van der Waals surface area contributed by atoms with Crippen LogP contribution in [0.5, 0.6) is 0 Å². The molecule has 28 heavy (non-hydrogen) atoms. The van der Waals surface area contributed by atoms with Gasteiger partial charge in [0.05, 0.1) is 28.2 Å². The smallest absolute Gasteiger partial charge is 0.287 e. The molecule has 0 N–H and O–H groups in total. The molecule has 7 rings (SSSR count). The predicted molar refractivity (Wildman–Crippen MR) is 118 cm³/mol. The Morgan fingerprint density at radius 1 is 0.964 bits per heavy atom. The summed E-state index contributed by atoms with van der Waals surface area (Å²) in [5.41, 5.74) is 7.41. The maximum Gasteiger partial charge on any atom is 0.287 e. The fourth-order valence-corrected chi connectivity index (χ4v) is 5.91. The van der Waals surface area contributed by atoms with Crippen LogP contribution in [0.2, 0.25) is 0 Å². The summed E-state index contributed by atoms with van der Waals surface area (Å²) in [6.07, 6.45) is 1.96. The van der Waals surface area contributed by atoms with E-state index >= 15 is 0 Å². The molecule has 3 aromatic carbocycles. The molecule has 0 fully saturated rings. The summed E-state index contributed by atoms with van der Waals surface area (Å²) in [4.78, 5) is 4.85. The van der Waals surface area contributed by atoms with E-state index in [1.54, 1.807) is 0 Å². The van der Waals surface area contributed by atoms with E-state index in [2.05, 4.69) is 76.9 Å². The molecule has 0 aliphatic rings. The monoisotopic (exact) mass is 378 g/mol. The van der Waals surface area contributed by atoms with Crippen molar-refractivity contribution < 1.29 is 4.57 Å². The number of hydrogen-bond donors (Lipinski definition) is 0. The summed E-state index contributed by atoms with van der Waals surface area (Å²) in [5, 5.41) is 8.72. The second-order valence-electron chi connectivity index (χ2n) is 7.67. The van der Waals surface area contributed by atoms with Gasteiger partial charge in [-0.2, -0.15) is 0 Å². The zero-order valence-electron chi connectivity index (χ0n) is 15.5. The van der Waals surface area contributed by atoms with E-state index < -0.39 is 0 Å². The molecular weight excluding hydrogens is 362 g/mol. The van der Waals surface area contributed by atoms with Crippen molar-refractivity contribution in [2.45, 2.75) is 6.92 Å². The quantitative estimate of drug-likeness (QED) is 0.187. The number of pyridine rings is 1. The summed E-state index contributed by atoms with van der Waals surface area (Å²) in [6, 6.07) is 17.7. The maximum atomic E-state index is 4.85. The molecule has 4 heteroatoms. The van der Waals surface area contributed by atoms with Crippen LogP contribution in [0.3, 0.4) is 0 Å². The average Bonchev–Trinajstić information content (AvgIpc) is 3.31. The summed E-state index contributed by atoms with van der Waals surface area (Å²) >= 11 is 1.83. The minimum atomic E-state index is 1.08. The molecule has 0 atom stereocenters. The molecule has 0 spiro atoms. The van der Waals surface area contributed by atoms with Crippen molar-refractivity contribution in [2.24, 2.45) is 7.05 Å². The molecule has 7 aromatic rings. The number of para-hydroxylation sites is 1. The molecule has 0 amide bonds. The van der Waals surface area contributed by atoms with Gasteiger partial charge in [-0.15, -0.1) is 11.3 Å². The lowest BCUT2D eigenvalue weighted by molar-refractivity contribution is -0.647. The molecule has 0 aliphatic heterocycles. The summed E-state index contributed by atoms with van der Waals surface area (Å²) in [5.74, 6) is 0. The highest BCUT2D eigenvalue weighted by Gasteiger charge is 2.26. The normalized spacial score (nSPS) is 12.6. The lowest BCUT2D eigenvalue weighted by Gasteiger charge is -2.14. The van der Waals surface area contributed by atoms with Crippen LogP contribution in [0, 0.1) is 6.92 Å². The zero-order chi connectivity index (χ0) is 18.6. The van der Waals surface area contributed by atoms with E-state index in [0.29, 0.717) is 0 Å². The molecule has 3 nitrogen and oxygen atoms in total. The van der Waals surface area contributed by atoms with Crippen LogP contribution in [0.4, 0.5) is 0 Å². The summed E-state index contributed by atoms with van der Waals surface area (Å²) < 4.78 is 5.99. The Bertz CT molecular complexity index is 1730. The highest BCUT2D eigenvalue weighted by atomic mass is 32.1. The van der Waals surface area contributed by atoms with Gasteiger partial charge < -0.3 is 4.40 Å². The van der Waals surface area contributed by atoms with Crippen molar-refractivity contribution in [3.63, 3.8) is 0 Å². The topological polar surface area (TPSA) is 21.2 Å². The Morgan fingerprint density at radius 3 is 2.79 bits per heavy atom. The molecule has 4 aromatic heterocycles. The van der Waals surface area contributed by atoms with Gasteiger partial charge >= 0.3 is 0 Å². The summed E-state index contributed by atoms with van der Waals surface area (Å²) in [6.45, 7) is 2.22. The van der Waals surface area contributed by atoms with Crippen LogP contribution >= 0.6 is 11.3 Å². The van der Waals surface area contributed by atoms with Gasteiger partial charge in [0.2, 0.25) is 5.52 Å². The highest BCUT2D eigenvalue weighted by Crippen LogP contribution is 2.43. The molecule has 132 valence electrons. The number of aryl methyl sites for hydroxylation is 2. The minimum absolute atomic E-state index is 1.08.